The Morgan fingerprint density at radius 3 is 2.50 bits per heavy atom. The van der Waals surface area contributed by atoms with E-state index in [1.165, 1.54) is 12.8 Å². The van der Waals surface area contributed by atoms with E-state index in [-0.39, 0.29) is 11.9 Å². The lowest BCUT2D eigenvalue weighted by Crippen LogP contribution is -2.35. The van der Waals surface area contributed by atoms with Gasteiger partial charge in [0, 0.05) is 0 Å². The highest BCUT2D eigenvalue weighted by Crippen LogP contribution is 2.00. The average molecular weight is 143 g/mol. The molecule has 0 amide bonds. The van der Waals surface area contributed by atoms with E-state index in [9.17, 15) is 0 Å². The molecule has 0 aliphatic heterocycles. The summed E-state index contributed by atoms with van der Waals surface area (Å²) in [5.41, 5.74) is 10.7. The van der Waals surface area contributed by atoms with Gasteiger partial charge in [0.1, 0.15) is 5.84 Å². The summed E-state index contributed by atoms with van der Waals surface area (Å²) in [6.07, 6.45) is 4.30. The molecule has 0 bridgehead atoms. The molecule has 0 aliphatic rings. The van der Waals surface area contributed by atoms with Gasteiger partial charge in [-0.1, -0.05) is 26.2 Å². The van der Waals surface area contributed by atoms with Crippen molar-refractivity contribution in [1.29, 1.82) is 5.41 Å². The molecule has 0 spiro atoms. The van der Waals surface area contributed by atoms with E-state index in [0.29, 0.717) is 0 Å². The Morgan fingerprint density at radius 2 is 2.10 bits per heavy atom. The van der Waals surface area contributed by atoms with Gasteiger partial charge in [-0.25, -0.2) is 0 Å². The van der Waals surface area contributed by atoms with Crippen LogP contribution in [0.25, 0.3) is 0 Å². The van der Waals surface area contributed by atoms with Crippen LogP contribution in [-0.4, -0.2) is 11.9 Å². The Hall–Kier alpha value is -0.570. The second kappa shape index (κ2) is 5.23. The summed E-state index contributed by atoms with van der Waals surface area (Å²) < 4.78 is 0. The Labute approximate surface area is 62.3 Å². The van der Waals surface area contributed by atoms with E-state index >= 15 is 0 Å². The summed E-state index contributed by atoms with van der Waals surface area (Å²) in [4.78, 5) is 0. The van der Waals surface area contributed by atoms with Crippen molar-refractivity contribution in [2.24, 2.45) is 11.5 Å². The Kier molecular flexibility index (Phi) is 4.94. The highest BCUT2D eigenvalue weighted by Gasteiger charge is 2.03. The topological polar surface area (TPSA) is 75.9 Å². The van der Waals surface area contributed by atoms with Crippen molar-refractivity contribution in [1.82, 2.24) is 0 Å². The zero-order valence-corrected chi connectivity index (χ0v) is 6.56. The summed E-state index contributed by atoms with van der Waals surface area (Å²) in [5.74, 6) is 0.108. The largest absolute Gasteiger partial charge is 0.386 e. The maximum absolute atomic E-state index is 6.99. The molecule has 0 rings (SSSR count). The lowest BCUT2D eigenvalue weighted by Gasteiger charge is -2.07. The van der Waals surface area contributed by atoms with Crippen LogP contribution in [0.3, 0.4) is 0 Å². The third-order valence-corrected chi connectivity index (χ3v) is 1.52. The fourth-order valence-electron chi connectivity index (χ4n) is 0.770. The van der Waals surface area contributed by atoms with Gasteiger partial charge in [-0.15, -0.1) is 0 Å². The van der Waals surface area contributed by atoms with Crippen molar-refractivity contribution in [3.8, 4) is 0 Å². The van der Waals surface area contributed by atoms with Crippen molar-refractivity contribution < 1.29 is 0 Å². The van der Waals surface area contributed by atoms with Crippen LogP contribution in [0.15, 0.2) is 0 Å². The summed E-state index contributed by atoms with van der Waals surface area (Å²) in [6.45, 7) is 2.14. The number of nitrogens with two attached hydrogens (primary N) is 2. The fraction of sp³-hybridized carbons (Fsp3) is 0.857. The molecule has 0 radical (unpaired) electrons. The molecule has 0 saturated carbocycles. The minimum atomic E-state index is -0.216. The summed E-state index contributed by atoms with van der Waals surface area (Å²) in [6, 6.07) is -0.216. The van der Waals surface area contributed by atoms with E-state index in [1.807, 2.05) is 0 Å². The van der Waals surface area contributed by atoms with Gasteiger partial charge < -0.3 is 11.5 Å². The van der Waals surface area contributed by atoms with E-state index in [4.69, 9.17) is 16.9 Å². The zero-order valence-electron chi connectivity index (χ0n) is 6.56. The van der Waals surface area contributed by atoms with Crippen LogP contribution >= 0.6 is 0 Å². The molecule has 5 N–H and O–H groups in total. The Balaban J connectivity index is 3.21. The number of unbranched alkanes of at least 4 members (excludes halogenated alkanes) is 2. The molecule has 1 atom stereocenters. The van der Waals surface area contributed by atoms with Crippen molar-refractivity contribution >= 4 is 5.84 Å². The van der Waals surface area contributed by atoms with E-state index in [2.05, 4.69) is 6.92 Å². The minimum absolute atomic E-state index is 0.108. The van der Waals surface area contributed by atoms with Crippen LogP contribution in [0.1, 0.15) is 32.6 Å². The molecule has 0 aliphatic carbocycles. The molecule has 0 fully saturated rings. The van der Waals surface area contributed by atoms with E-state index < -0.39 is 0 Å². The van der Waals surface area contributed by atoms with Crippen molar-refractivity contribution in [3.63, 3.8) is 0 Å². The number of nitrogens with one attached hydrogen (secondary N) is 1. The summed E-state index contributed by atoms with van der Waals surface area (Å²) in [5, 5.41) is 6.99. The smallest absolute Gasteiger partial charge is 0.108 e. The molecule has 3 nitrogen and oxygen atoms in total. The van der Waals surface area contributed by atoms with Gasteiger partial charge in [0.2, 0.25) is 0 Å². The average Bonchev–Trinajstić information content (AvgIpc) is 1.88. The van der Waals surface area contributed by atoms with Gasteiger partial charge in [-0.3, -0.25) is 5.41 Å². The van der Waals surface area contributed by atoms with Gasteiger partial charge in [-0.05, 0) is 6.42 Å². The highest BCUT2D eigenvalue weighted by molar-refractivity contribution is 5.82. The molecule has 3 heteroatoms. The standard InChI is InChI=1S/C7H17N3/c1-2-3-4-5-6(8)7(9)10/h6H,2-5,8H2,1H3,(H3,9,10). The molecule has 60 valence electrons. The Morgan fingerprint density at radius 1 is 1.50 bits per heavy atom. The van der Waals surface area contributed by atoms with Crippen molar-refractivity contribution in [3.05, 3.63) is 0 Å². The van der Waals surface area contributed by atoms with Crippen LogP contribution in [0.2, 0.25) is 0 Å². The van der Waals surface area contributed by atoms with Crippen LogP contribution in [0, 0.1) is 5.41 Å². The van der Waals surface area contributed by atoms with Crippen LogP contribution in [0.5, 0.6) is 0 Å². The minimum Gasteiger partial charge on any atom is -0.386 e. The SMILES string of the molecule is CCCCCC(N)C(=N)N. The first kappa shape index (κ1) is 9.43. The molecule has 10 heavy (non-hydrogen) atoms. The molecule has 0 aromatic carbocycles. The number of rotatable bonds is 5. The zero-order chi connectivity index (χ0) is 7.98. The van der Waals surface area contributed by atoms with E-state index in [1.54, 1.807) is 0 Å². The van der Waals surface area contributed by atoms with Crippen LogP contribution in [0.4, 0.5) is 0 Å². The van der Waals surface area contributed by atoms with Crippen molar-refractivity contribution in [2.45, 2.75) is 38.6 Å². The highest BCUT2D eigenvalue weighted by atomic mass is 14.8. The Bertz CT molecular complexity index is 101. The van der Waals surface area contributed by atoms with Gasteiger partial charge in [0.15, 0.2) is 0 Å². The van der Waals surface area contributed by atoms with Gasteiger partial charge in [-0.2, -0.15) is 0 Å². The molecular weight excluding hydrogens is 126 g/mol. The summed E-state index contributed by atoms with van der Waals surface area (Å²) in [7, 11) is 0. The maximum atomic E-state index is 6.99. The number of hydrogen-bond acceptors (Lipinski definition) is 2. The first-order valence-electron chi connectivity index (χ1n) is 3.78. The van der Waals surface area contributed by atoms with Crippen LogP contribution in [-0.2, 0) is 0 Å². The quantitative estimate of drug-likeness (QED) is 0.303. The lowest BCUT2D eigenvalue weighted by molar-refractivity contribution is 0.634. The predicted octanol–water partition coefficient (Wildman–Crippen LogP) is 0.830. The second-order valence-corrected chi connectivity index (χ2v) is 2.56. The normalized spacial score (nSPS) is 13.0. The van der Waals surface area contributed by atoms with E-state index in [0.717, 1.165) is 12.8 Å². The maximum Gasteiger partial charge on any atom is 0.108 e. The fourth-order valence-corrected chi connectivity index (χ4v) is 0.770. The number of hydrogen-bond donors (Lipinski definition) is 3. The van der Waals surface area contributed by atoms with Gasteiger partial charge >= 0.3 is 0 Å². The third kappa shape index (κ3) is 4.32. The van der Waals surface area contributed by atoms with Gasteiger partial charge in [0.25, 0.3) is 0 Å². The first-order valence-corrected chi connectivity index (χ1v) is 3.78. The second-order valence-electron chi connectivity index (χ2n) is 2.56. The molecule has 1 unspecified atom stereocenters. The molecule has 0 aromatic heterocycles. The number of amidine groups is 1. The van der Waals surface area contributed by atoms with Crippen LogP contribution < -0.4 is 11.5 Å². The predicted molar refractivity (Wildman–Crippen MR) is 44.0 cm³/mol. The van der Waals surface area contributed by atoms with Gasteiger partial charge in [0.05, 0.1) is 6.04 Å². The molecule has 0 aromatic rings. The molecule has 0 heterocycles. The first-order chi connectivity index (χ1) is 4.68. The lowest BCUT2D eigenvalue weighted by atomic mass is 10.1. The monoisotopic (exact) mass is 143 g/mol. The third-order valence-electron chi connectivity index (χ3n) is 1.52. The van der Waals surface area contributed by atoms with Crippen molar-refractivity contribution in [2.75, 3.05) is 0 Å². The molecule has 0 saturated heterocycles. The molecular formula is C7H17N3. The summed E-state index contributed by atoms with van der Waals surface area (Å²) >= 11 is 0.